The van der Waals surface area contributed by atoms with Crippen LogP contribution in [0.1, 0.15) is 11.4 Å². The lowest BCUT2D eigenvalue weighted by Gasteiger charge is -2.07. The topological polar surface area (TPSA) is 64.1 Å². The van der Waals surface area contributed by atoms with Crippen LogP contribution in [0.5, 0.6) is 0 Å². The smallest absolute Gasteiger partial charge is 0.135 e. The predicted molar refractivity (Wildman–Crippen MR) is 78.1 cm³/mol. The van der Waals surface area contributed by atoms with E-state index in [1.54, 1.807) is 11.3 Å². The zero-order valence-electron chi connectivity index (χ0n) is 10.4. The molecule has 0 saturated carbocycles. The van der Waals surface area contributed by atoms with Crippen LogP contribution in [0.2, 0.25) is 0 Å². The highest BCUT2D eigenvalue weighted by Crippen LogP contribution is 2.20. The van der Waals surface area contributed by atoms with Crippen molar-refractivity contribution in [3.63, 3.8) is 0 Å². The van der Waals surface area contributed by atoms with E-state index in [0.717, 1.165) is 24.0 Å². The maximum Gasteiger partial charge on any atom is 0.135 e. The van der Waals surface area contributed by atoms with Gasteiger partial charge in [-0.15, -0.1) is 0 Å². The van der Waals surface area contributed by atoms with E-state index >= 15 is 0 Å². The van der Waals surface area contributed by atoms with Crippen LogP contribution in [-0.4, -0.2) is 14.7 Å². The maximum atomic E-state index is 9.43. The average Bonchev–Trinajstić information content (AvgIpc) is 3.02. The van der Waals surface area contributed by atoms with E-state index in [-0.39, 0.29) is 6.61 Å². The van der Waals surface area contributed by atoms with Crippen LogP contribution in [0, 0.1) is 0 Å². The van der Waals surface area contributed by atoms with Crippen molar-refractivity contribution < 1.29 is 5.11 Å². The highest BCUT2D eigenvalue weighted by Gasteiger charge is 2.10. The van der Waals surface area contributed by atoms with Gasteiger partial charge in [0.15, 0.2) is 0 Å². The van der Waals surface area contributed by atoms with Gasteiger partial charge >= 0.3 is 0 Å². The number of hydrogen-bond donors (Lipinski definition) is 2. The summed E-state index contributed by atoms with van der Waals surface area (Å²) in [6.07, 6.45) is 0.937. The van der Waals surface area contributed by atoms with Gasteiger partial charge in [-0.25, -0.2) is 4.98 Å². The molecular formula is C14H15N3OS. The molecule has 0 aliphatic carbocycles. The molecule has 0 spiro atoms. The molecule has 98 valence electrons. The lowest BCUT2D eigenvalue weighted by atomic mass is 10.2. The Morgan fingerprint density at radius 3 is 2.95 bits per heavy atom. The Bertz CT molecular complexity index is 688. The van der Waals surface area contributed by atoms with Crippen LogP contribution in [0.15, 0.2) is 35.0 Å². The molecule has 0 atom stereocenters. The maximum absolute atomic E-state index is 9.43. The molecule has 2 aromatic heterocycles. The fraction of sp³-hybridized carbons (Fsp3) is 0.214. The molecule has 3 N–H and O–H groups in total. The summed E-state index contributed by atoms with van der Waals surface area (Å²) in [5.41, 5.74) is 9.63. The van der Waals surface area contributed by atoms with E-state index in [1.165, 1.54) is 5.56 Å². The Labute approximate surface area is 115 Å². The molecule has 0 radical (unpaired) electrons. The first-order chi connectivity index (χ1) is 9.28. The zero-order valence-corrected chi connectivity index (χ0v) is 11.2. The Kier molecular flexibility index (Phi) is 3.23. The number of hydrogen-bond acceptors (Lipinski definition) is 4. The van der Waals surface area contributed by atoms with E-state index in [1.807, 2.05) is 18.2 Å². The Morgan fingerprint density at radius 1 is 1.32 bits per heavy atom. The second-order valence-corrected chi connectivity index (χ2v) is 5.25. The van der Waals surface area contributed by atoms with Crippen molar-refractivity contribution in [3.05, 3.63) is 46.4 Å². The number of fused-ring (bicyclic) bond motifs is 1. The zero-order chi connectivity index (χ0) is 13.2. The van der Waals surface area contributed by atoms with Crippen LogP contribution in [0.25, 0.3) is 11.0 Å². The van der Waals surface area contributed by atoms with Crippen molar-refractivity contribution in [2.24, 2.45) is 0 Å². The molecule has 1 aromatic carbocycles. The van der Waals surface area contributed by atoms with Crippen LogP contribution >= 0.6 is 11.3 Å². The van der Waals surface area contributed by atoms with Crippen molar-refractivity contribution in [1.82, 2.24) is 9.55 Å². The minimum atomic E-state index is -0.0573. The number of aromatic nitrogens is 2. The molecule has 0 aliphatic heterocycles. The Hall–Kier alpha value is -1.85. The summed E-state index contributed by atoms with van der Waals surface area (Å²) in [6, 6.07) is 7.80. The molecular weight excluding hydrogens is 258 g/mol. The number of anilines is 1. The van der Waals surface area contributed by atoms with Crippen LogP contribution < -0.4 is 5.73 Å². The molecule has 19 heavy (non-hydrogen) atoms. The molecule has 3 rings (SSSR count). The first-order valence-corrected chi connectivity index (χ1v) is 7.09. The van der Waals surface area contributed by atoms with Gasteiger partial charge in [0.25, 0.3) is 0 Å². The summed E-state index contributed by atoms with van der Waals surface area (Å²) in [4.78, 5) is 4.43. The third-order valence-electron chi connectivity index (χ3n) is 3.20. The van der Waals surface area contributed by atoms with Gasteiger partial charge in [-0.05, 0) is 47.0 Å². The minimum Gasteiger partial charge on any atom is -0.399 e. The lowest BCUT2D eigenvalue weighted by molar-refractivity contribution is 0.266. The summed E-state index contributed by atoms with van der Waals surface area (Å²) < 4.78 is 2.06. The standard InChI is InChI=1S/C14H15N3OS/c15-11-1-2-13-12(7-11)16-14(8-18)17(13)5-3-10-4-6-19-9-10/h1-2,4,6-7,9,18H,3,5,8,15H2. The third kappa shape index (κ3) is 2.34. The number of thiophene rings is 1. The summed E-state index contributed by atoms with van der Waals surface area (Å²) in [7, 11) is 0. The van der Waals surface area contributed by atoms with Crippen LogP contribution in [0.4, 0.5) is 5.69 Å². The van der Waals surface area contributed by atoms with Gasteiger partial charge in [0.2, 0.25) is 0 Å². The number of rotatable bonds is 4. The third-order valence-corrected chi connectivity index (χ3v) is 3.93. The highest BCUT2D eigenvalue weighted by atomic mass is 32.1. The van der Waals surface area contributed by atoms with E-state index in [9.17, 15) is 5.11 Å². The molecule has 3 aromatic rings. The summed E-state index contributed by atoms with van der Waals surface area (Å²) in [5, 5.41) is 13.7. The molecule has 0 bridgehead atoms. The number of aliphatic hydroxyl groups is 1. The van der Waals surface area contributed by atoms with Crippen molar-refractivity contribution in [1.29, 1.82) is 0 Å². The van der Waals surface area contributed by atoms with Gasteiger partial charge in [0, 0.05) is 12.2 Å². The molecule has 0 unspecified atom stereocenters. The number of nitrogens with zero attached hydrogens (tertiary/aromatic N) is 2. The molecule has 0 amide bonds. The van der Waals surface area contributed by atoms with E-state index in [0.29, 0.717) is 11.5 Å². The second kappa shape index (κ2) is 5.03. The normalized spacial score (nSPS) is 11.2. The van der Waals surface area contributed by atoms with Crippen molar-refractivity contribution in [2.45, 2.75) is 19.6 Å². The number of benzene rings is 1. The van der Waals surface area contributed by atoms with Gasteiger partial charge in [0.05, 0.1) is 11.0 Å². The Balaban J connectivity index is 1.96. The lowest BCUT2D eigenvalue weighted by Crippen LogP contribution is -2.05. The molecule has 4 nitrogen and oxygen atoms in total. The van der Waals surface area contributed by atoms with E-state index < -0.39 is 0 Å². The SMILES string of the molecule is Nc1ccc2c(c1)nc(CO)n2CCc1ccsc1. The van der Waals surface area contributed by atoms with Crippen molar-refractivity contribution in [2.75, 3.05) is 5.73 Å². The van der Waals surface area contributed by atoms with Crippen molar-refractivity contribution >= 4 is 28.1 Å². The van der Waals surface area contributed by atoms with Gasteiger partial charge in [-0.3, -0.25) is 0 Å². The summed E-state index contributed by atoms with van der Waals surface area (Å²) in [6.45, 7) is 0.755. The number of nitrogen functional groups attached to an aromatic ring is 1. The largest absolute Gasteiger partial charge is 0.399 e. The molecule has 0 saturated heterocycles. The second-order valence-electron chi connectivity index (χ2n) is 4.47. The number of aryl methyl sites for hydroxylation is 2. The molecule has 0 fully saturated rings. The van der Waals surface area contributed by atoms with Gasteiger partial charge in [-0.2, -0.15) is 11.3 Å². The van der Waals surface area contributed by atoms with Crippen LogP contribution in [0.3, 0.4) is 0 Å². The minimum absolute atomic E-state index is 0.0573. The predicted octanol–water partition coefficient (Wildman–Crippen LogP) is 2.42. The van der Waals surface area contributed by atoms with Crippen molar-refractivity contribution in [3.8, 4) is 0 Å². The number of nitrogens with two attached hydrogens (primary N) is 1. The fourth-order valence-corrected chi connectivity index (χ4v) is 2.95. The van der Waals surface area contributed by atoms with Gasteiger partial charge in [-0.1, -0.05) is 0 Å². The first-order valence-electron chi connectivity index (χ1n) is 6.14. The van der Waals surface area contributed by atoms with Gasteiger partial charge < -0.3 is 15.4 Å². The molecule has 5 heteroatoms. The van der Waals surface area contributed by atoms with E-state index in [2.05, 4.69) is 26.4 Å². The van der Waals surface area contributed by atoms with Gasteiger partial charge in [0.1, 0.15) is 12.4 Å². The molecule has 0 aliphatic rings. The quantitative estimate of drug-likeness (QED) is 0.717. The summed E-state index contributed by atoms with van der Waals surface area (Å²) in [5.74, 6) is 0.691. The number of imidazole rings is 1. The highest BCUT2D eigenvalue weighted by molar-refractivity contribution is 7.07. The van der Waals surface area contributed by atoms with E-state index in [4.69, 9.17) is 5.73 Å². The number of aliphatic hydroxyl groups excluding tert-OH is 1. The first kappa shape index (κ1) is 12.2. The summed E-state index contributed by atoms with van der Waals surface area (Å²) >= 11 is 1.70. The Morgan fingerprint density at radius 2 is 2.21 bits per heavy atom. The monoisotopic (exact) mass is 273 g/mol. The molecule has 2 heterocycles. The average molecular weight is 273 g/mol. The van der Waals surface area contributed by atoms with Crippen LogP contribution in [-0.2, 0) is 19.6 Å². The fourth-order valence-electron chi connectivity index (χ4n) is 2.24.